The Bertz CT molecular complexity index is 1190. The number of thioether (sulfide) groups is 1. The van der Waals surface area contributed by atoms with Crippen LogP contribution in [-0.2, 0) is 26.2 Å². The third-order valence-corrected chi connectivity index (χ3v) is 11.7. The van der Waals surface area contributed by atoms with Gasteiger partial charge in [-0.15, -0.1) is 28.5 Å². The smallest absolute Gasteiger partial charge is 1.00 e. The van der Waals surface area contributed by atoms with Crippen LogP contribution in [0.3, 0.4) is 0 Å². The van der Waals surface area contributed by atoms with Gasteiger partial charge in [0.1, 0.15) is 8.07 Å². The van der Waals surface area contributed by atoms with Gasteiger partial charge in [0.2, 0.25) is 0 Å². The molecule has 1 radical (unpaired) electrons. The van der Waals surface area contributed by atoms with Crippen LogP contribution in [0, 0.1) is 12.8 Å². The predicted molar refractivity (Wildman–Crippen MR) is 124 cm³/mol. The van der Waals surface area contributed by atoms with Crippen LogP contribution in [0.25, 0.3) is 21.5 Å². The van der Waals surface area contributed by atoms with E-state index in [1.165, 1.54) is 33.5 Å². The zero-order valence-corrected chi connectivity index (χ0v) is 23.5. The minimum absolute atomic E-state index is 0. The van der Waals surface area contributed by atoms with Crippen molar-refractivity contribution in [1.29, 1.82) is 0 Å². The Labute approximate surface area is 216 Å². The fourth-order valence-corrected chi connectivity index (χ4v) is 10.8. The van der Waals surface area contributed by atoms with Gasteiger partial charge < -0.3 is 24.8 Å². The van der Waals surface area contributed by atoms with Crippen molar-refractivity contribution in [3.05, 3.63) is 86.4 Å². The van der Waals surface area contributed by atoms with E-state index in [-0.39, 0.29) is 51.0 Å². The maximum absolute atomic E-state index is 2.50. The van der Waals surface area contributed by atoms with Crippen molar-refractivity contribution >= 4 is 41.4 Å². The monoisotopic (exact) mass is 545 g/mol. The maximum atomic E-state index is 2.50. The first-order chi connectivity index (χ1) is 13.0. The van der Waals surface area contributed by atoms with Gasteiger partial charge in [-0.1, -0.05) is 97.0 Å². The quantitative estimate of drug-likeness (QED) is 0.330. The van der Waals surface area contributed by atoms with Gasteiger partial charge in [-0.3, -0.25) is 0 Å². The van der Waals surface area contributed by atoms with Crippen LogP contribution in [0.15, 0.2) is 80.9 Å². The van der Waals surface area contributed by atoms with Gasteiger partial charge in [-0.25, -0.2) is 0 Å². The summed E-state index contributed by atoms with van der Waals surface area (Å²) in [4.78, 5) is 3.32. The third-order valence-electron chi connectivity index (χ3n) is 6.33. The molecule has 30 heavy (non-hydrogen) atoms. The second-order valence-corrected chi connectivity index (χ2v) is 13.9. The summed E-state index contributed by atoms with van der Waals surface area (Å²) < 4.78 is 0. The molecule has 1 atom stereocenters. The molecule has 1 saturated heterocycles. The van der Waals surface area contributed by atoms with Crippen LogP contribution in [0.4, 0.5) is 0 Å². The molecule has 153 valence electrons. The molecular weight excluding hydrogens is 523 g/mol. The average Bonchev–Trinajstić information content (AvgIpc) is 3.30. The number of halogens is 2. The molecule has 0 bridgehead atoms. The van der Waals surface area contributed by atoms with Gasteiger partial charge in [-0.2, -0.15) is 6.07 Å². The molecule has 1 fully saturated rings. The van der Waals surface area contributed by atoms with E-state index in [4.69, 9.17) is 0 Å². The van der Waals surface area contributed by atoms with E-state index in [2.05, 4.69) is 99.4 Å². The minimum Gasteiger partial charge on any atom is -1.00 e. The summed E-state index contributed by atoms with van der Waals surface area (Å²) in [5.74, 6) is 0.793. The molecule has 5 heteroatoms. The number of hydrogen-bond acceptors (Lipinski definition) is 1. The van der Waals surface area contributed by atoms with Crippen molar-refractivity contribution in [2.75, 3.05) is 0 Å². The summed E-state index contributed by atoms with van der Waals surface area (Å²) in [5, 5.41) is 9.05. The van der Waals surface area contributed by atoms with Crippen molar-refractivity contribution < 1.29 is 51.0 Å². The number of benzene rings is 2. The van der Waals surface area contributed by atoms with Crippen molar-refractivity contribution in [3.63, 3.8) is 0 Å². The summed E-state index contributed by atoms with van der Waals surface area (Å²) in [6.45, 7) is 9.45. The molecule has 0 spiro atoms. The van der Waals surface area contributed by atoms with Crippen LogP contribution in [0.1, 0.15) is 18.9 Å². The van der Waals surface area contributed by atoms with E-state index in [1.54, 1.807) is 15.0 Å². The predicted octanol–water partition coefficient (Wildman–Crippen LogP) is 1.66. The van der Waals surface area contributed by atoms with Crippen LogP contribution >= 0.6 is 11.8 Å². The van der Waals surface area contributed by atoms with Gasteiger partial charge in [0, 0.05) is 5.92 Å². The SMILES string of the molecule is CCC1=C2C3C(=CC=C3[Si]2(C)C)S1.Cc1cc2c(ccc3ccccc32)[cH-]1.[Cl-].[Cl-].[Zr+3]. The summed E-state index contributed by atoms with van der Waals surface area (Å²) in [7, 11) is -1.08. The third kappa shape index (κ3) is 3.90. The Balaban J connectivity index is 0.000000195. The van der Waals surface area contributed by atoms with Crippen molar-refractivity contribution in [2.24, 2.45) is 5.92 Å². The Kier molecular flexibility index (Phi) is 8.25. The zero-order valence-electron chi connectivity index (χ0n) is 17.7. The molecule has 0 N–H and O–H groups in total. The van der Waals surface area contributed by atoms with Crippen LogP contribution < -0.4 is 24.8 Å². The van der Waals surface area contributed by atoms with Gasteiger partial charge >= 0.3 is 26.2 Å². The van der Waals surface area contributed by atoms with E-state index in [1.807, 2.05) is 5.20 Å². The number of fused-ring (bicyclic) bond motifs is 3. The van der Waals surface area contributed by atoms with Crippen LogP contribution in [0.5, 0.6) is 0 Å². The minimum atomic E-state index is -1.08. The van der Waals surface area contributed by atoms with Crippen LogP contribution in [-0.4, -0.2) is 8.07 Å². The second-order valence-electron chi connectivity index (χ2n) is 8.36. The second kappa shape index (κ2) is 9.59. The van der Waals surface area contributed by atoms with E-state index in [9.17, 15) is 0 Å². The fraction of sp³-hybridized carbons (Fsp3) is 0.240. The molecule has 3 aromatic rings. The molecule has 6 rings (SSSR count). The van der Waals surface area contributed by atoms with Gasteiger partial charge in [0.15, 0.2) is 0 Å². The first-order valence-electron chi connectivity index (χ1n) is 9.89. The molecule has 2 heterocycles. The molecule has 3 aliphatic rings. The first kappa shape index (κ1) is 25.8. The average molecular weight is 548 g/mol. The summed E-state index contributed by atoms with van der Waals surface area (Å²) >= 11 is 2.06. The Morgan fingerprint density at radius 1 is 1.00 bits per heavy atom. The van der Waals surface area contributed by atoms with Crippen molar-refractivity contribution in [2.45, 2.75) is 33.4 Å². The van der Waals surface area contributed by atoms with E-state index >= 15 is 0 Å². The summed E-state index contributed by atoms with van der Waals surface area (Å²) in [5.41, 5.74) is 1.34. The Morgan fingerprint density at radius 2 is 1.73 bits per heavy atom. The molecule has 1 unspecified atom stereocenters. The number of aryl methyl sites for hydroxylation is 1. The molecule has 0 nitrogen and oxygen atoms in total. The topological polar surface area (TPSA) is 0 Å². The summed E-state index contributed by atoms with van der Waals surface area (Å²) in [6.07, 6.45) is 6.00. The Hall–Kier alpha value is -0.440. The largest absolute Gasteiger partial charge is 3.00 e. The molecule has 0 amide bonds. The number of hydrogen-bond donors (Lipinski definition) is 0. The molecular formula is C25H25Cl2SSiZr. The Morgan fingerprint density at radius 3 is 2.47 bits per heavy atom. The molecule has 2 aliphatic heterocycles. The van der Waals surface area contributed by atoms with Gasteiger partial charge in [0.05, 0.1) is 0 Å². The van der Waals surface area contributed by atoms with Crippen molar-refractivity contribution in [3.8, 4) is 0 Å². The molecule has 1 aliphatic carbocycles. The van der Waals surface area contributed by atoms with Crippen molar-refractivity contribution in [1.82, 2.24) is 0 Å². The summed E-state index contributed by atoms with van der Waals surface area (Å²) in [6, 6.07) is 17.4. The van der Waals surface area contributed by atoms with E-state index in [0.29, 0.717) is 0 Å². The normalized spacial score (nSPS) is 19.4. The molecule has 0 aromatic heterocycles. The van der Waals surface area contributed by atoms with E-state index < -0.39 is 8.07 Å². The number of rotatable bonds is 1. The molecule has 0 saturated carbocycles. The van der Waals surface area contributed by atoms with Gasteiger partial charge in [0.25, 0.3) is 0 Å². The van der Waals surface area contributed by atoms with Crippen LogP contribution in [0.2, 0.25) is 13.1 Å². The zero-order chi connectivity index (χ0) is 18.8. The fourth-order valence-electron chi connectivity index (χ4n) is 5.00. The first-order valence-corrected chi connectivity index (χ1v) is 13.7. The van der Waals surface area contributed by atoms with E-state index in [0.717, 1.165) is 5.92 Å². The number of allylic oxidation sites excluding steroid dienone is 6. The maximum Gasteiger partial charge on any atom is 3.00 e. The van der Waals surface area contributed by atoms with Gasteiger partial charge in [-0.05, 0) is 21.6 Å². The standard InChI is InChI=1S/C14H11.C11H14SSi.2ClH.Zr/c1-10-8-12-7-6-11-4-2-3-5-13(11)14(12)9-10;1-4-7-11-10-8(12-7)5-6-9(10)13(11,2)3;;;/h2-9H,1H3;5-6,10H,4H2,1-3H3;2*1H;/q-1;;;;+3/p-2. The molecule has 3 aromatic carbocycles.